The summed E-state index contributed by atoms with van der Waals surface area (Å²) in [6, 6.07) is 0. The third-order valence-electron chi connectivity index (χ3n) is 2.38. The van der Waals surface area contributed by atoms with Crippen LogP contribution in [0, 0.1) is 0 Å². The van der Waals surface area contributed by atoms with E-state index in [1.54, 1.807) is 13.8 Å². The van der Waals surface area contributed by atoms with E-state index in [2.05, 4.69) is 0 Å². The highest BCUT2D eigenvalue weighted by atomic mass is 16.5. The lowest BCUT2D eigenvalue weighted by Crippen LogP contribution is -2.34. The smallest absolute Gasteiger partial charge is 0.347 e. The van der Waals surface area contributed by atoms with Crippen LogP contribution in [0.4, 0.5) is 0 Å². The topological polar surface area (TPSA) is 46.5 Å². The number of hydrogen-bond donors (Lipinski definition) is 1. The van der Waals surface area contributed by atoms with E-state index in [1.165, 1.54) is 12.0 Å². The van der Waals surface area contributed by atoms with Crippen LogP contribution in [0.25, 0.3) is 0 Å². The van der Waals surface area contributed by atoms with Gasteiger partial charge in [-0.1, -0.05) is 0 Å². The van der Waals surface area contributed by atoms with Crippen LogP contribution in [0.3, 0.4) is 0 Å². The van der Waals surface area contributed by atoms with Crippen molar-refractivity contribution in [3.63, 3.8) is 0 Å². The van der Waals surface area contributed by atoms with Crippen LogP contribution in [0.1, 0.15) is 40.0 Å². The summed E-state index contributed by atoms with van der Waals surface area (Å²) < 4.78 is 5.38. The molecule has 13 heavy (non-hydrogen) atoms. The van der Waals surface area contributed by atoms with Crippen molar-refractivity contribution in [1.82, 2.24) is 0 Å². The molecular weight excluding hydrogens is 168 g/mol. The maximum Gasteiger partial charge on any atom is 0.347 e. The zero-order valence-electron chi connectivity index (χ0n) is 8.39. The maximum absolute atomic E-state index is 10.7. The number of rotatable bonds is 3. The summed E-state index contributed by atoms with van der Waals surface area (Å²) in [5, 5.41) is 8.82. The third-order valence-corrected chi connectivity index (χ3v) is 2.38. The molecular formula is C10H16O3. The molecule has 0 aliphatic heterocycles. The van der Waals surface area contributed by atoms with Gasteiger partial charge in [0.05, 0.1) is 5.76 Å². The molecule has 0 unspecified atom stereocenters. The van der Waals surface area contributed by atoms with E-state index in [4.69, 9.17) is 9.84 Å². The Morgan fingerprint density at radius 3 is 2.31 bits per heavy atom. The first-order valence-electron chi connectivity index (χ1n) is 4.54. The number of aliphatic carboxylic acids is 1. The van der Waals surface area contributed by atoms with Crippen LogP contribution in [0.5, 0.6) is 0 Å². The highest BCUT2D eigenvalue weighted by Gasteiger charge is 2.30. The van der Waals surface area contributed by atoms with Crippen molar-refractivity contribution in [2.75, 3.05) is 0 Å². The van der Waals surface area contributed by atoms with E-state index in [1.807, 2.05) is 6.92 Å². The standard InChI is InChI=1S/C10H16O3/c1-7(8-5-4-6-8)13-10(2,3)9(11)12/h4-6H2,1-3H3,(H,11,12). The summed E-state index contributed by atoms with van der Waals surface area (Å²) in [4.78, 5) is 10.7. The van der Waals surface area contributed by atoms with Gasteiger partial charge in [0, 0.05) is 0 Å². The van der Waals surface area contributed by atoms with Crippen LogP contribution in [-0.4, -0.2) is 16.7 Å². The molecule has 74 valence electrons. The molecule has 3 nitrogen and oxygen atoms in total. The van der Waals surface area contributed by atoms with Gasteiger partial charge in [-0.15, -0.1) is 0 Å². The second-order valence-electron chi connectivity index (χ2n) is 3.93. The Hall–Kier alpha value is -0.990. The lowest BCUT2D eigenvalue weighted by Gasteiger charge is -2.26. The lowest BCUT2D eigenvalue weighted by atomic mass is 9.91. The Bertz CT molecular complexity index is 245. The monoisotopic (exact) mass is 184 g/mol. The first-order chi connectivity index (χ1) is 5.93. The van der Waals surface area contributed by atoms with Crippen molar-refractivity contribution in [2.45, 2.75) is 45.6 Å². The molecule has 1 N–H and O–H groups in total. The van der Waals surface area contributed by atoms with Gasteiger partial charge >= 0.3 is 5.97 Å². The number of ether oxygens (including phenoxy) is 1. The molecule has 0 aromatic heterocycles. The summed E-state index contributed by atoms with van der Waals surface area (Å²) in [6.07, 6.45) is 3.31. The molecule has 1 saturated carbocycles. The Labute approximate surface area is 78.4 Å². The molecule has 1 fully saturated rings. The number of hydrogen-bond acceptors (Lipinski definition) is 2. The molecule has 1 rings (SSSR count). The Morgan fingerprint density at radius 2 is 2.00 bits per heavy atom. The molecule has 0 atom stereocenters. The zero-order valence-corrected chi connectivity index (χ0v) is 8.39. The minimum Gasteiger partial charge on any atom is -0.481 e. The molecule has 3 heteroatoms. The van der Waals surface area contributed by atoms with E-state index in [-0.39, 0.29) is 0 Å². The first-order valence-corrected chi connectivity index (χ1v) is 4.54. The summed E-state index contributed by atoms with van der Waals surface area (Å²) in [7, 11) is 0. The van der Waals surface area contributed by atoms with Gasteiger partial charge < -0.3 is 9.84 Å². The van der Waals surface area contributed by atoms with Crippen molar-refractivity contribution in [3.05, 3.63) is 11.3 Å². The van der Waals surface area contributed by atoms with E-state index in [0.29, 0.717) is 0 Å². The molecule has 0 bridgehead atoms. The van der Waals surface area contributed by atoms with Crippen LogP contribution >= 0.6 is 0 Å². The average Bonchev–Trinajstić information content (AvgIpc) is 1.80. The second kappa shape index (κ2) is 3.40. The lowest BCUT2D eigenvalue weighted by molar-refractivity contribution is -0.156. The second-order valence-corrected chi connectivity index (χ2v) is 3.93. The maximum atomic E-state index is 10.7. The fourth-order valence-electron chi connectivity index (χ4n) is 1.20. The average molecular weight is 184 g/mol. The van der Waals surface area contributed by atoms with Crippen LogP contribution in [0.2, 0.25) is 0 Å². The fraction of sp³-hybridized carbons (Fsp3) is 0.700. The van der Waals surface area contributed by atoms with Crippen molar-refractivity contribution < 1.29 is 14.6 Å². The van der Waals surface area contributed by atoms with Gasteiger partial charge in [-0.05, 0) is 45.6 Å². The Kier molecular flexibility index (Phi) is 2.64. The van der Waals surface area contributed by atoms with Crippen LogP contribution < -0.4 is 0 Å². The molecule has 0 heterocycles. The number of carboxylic acid groups (broad SMARTS) is 1. The van der Waals surface area contributed by atoms with Gasteiger partial charge in [0.25, 0.3) is 0 Å². The van der Waals surface area contributed by atoms with Gasteiger partial charge in [0.15, 0.2) is 5.60 Å². The summed E-state index contributed by atoms with van der Waals surface area (Å²) in [6.45, 7) is 4.98. The molecule has 1 aliphatic rings. The highest BCUT2D eigenvalue weighted by molar-refractivity contribution is 5.76. The van der Waals surface area contributed by atoms with E-state index >= 15 is 0 Å². The summed E-state index contributed by atoms with van der Waals surface area (Å²) in [5.41, 5.74) is 0.154. The van der Waals surface area contributed by atoms with Gasteiger partial charge in [-0.3, -0.25) is 0 Å². The van der Waals surface area contributed by atoms with Crippen molar-refractivity contribution in [2.24, 2.45) is 0 Å². The van der Waals surface area contributed by atoms with Crippen LogP contribution in [0.15, 0.2) is 11.3 Å². The van der Waals surface area contributed by atoms with Crippen molar-refractivity contribution >= 4 is 5.97 Å². The van der Waals surface area contributed by atoms with E-state index < -0.39 is 11.6 Å². The van der Waals surface area contributed by atoms with Gasteiger partial charge in [0.2, 0.25) is 0 Å². The van der Waals surface area contributed by atoms with Gasteiger partial charge in [-0.25, -0.2) is 4.79 Å². The van der Waals surface area contributed by atoms with Crippen molar-refractivity contribution in [3.8, 4) is 0 Å². The summed E-state index contributed by atoms with van der Waals surface area (Å²) >= 11 is 0. The fourth-order valence-corrected chi connectivity index (χ4v) is 1.20. The first kappa shape index (κ1) is 10.1. The molecule has 0 amide bonds. The predicted molar refractivity (Wildman–Crippen MR) is 49.4 cm³/mol. The van der Waals surface area contributed by atoms with E-state index in [0.717, 1.165) is 18.6 Å². The number of carboxylic acids is 1. The minimum atomic E-state index is -1.10. The van der Waals surface area contributed by atoms with Crippen LogP contribution in [-0.2, 0) is 9.53 Å². The van der Waals surface area contributed by atoms with E-state index in [9.17, 15) is 4.79 Å². The largest absolute Gasteiger partial charge is 0.481 e. The number of carbonyl (C=O) groups is 1. The molecule has 0 saturated heterocycles. The highest BCUT2D eigenvalue weighted by Crippen LogP contribution is 2.30. The SMILES string of the molecule is CC(OC(C)(C)C(=O)O)=C1CCC1. The Morgan fingerprint density at radius 1 is 1.46 bits per heavy atom. The molecule has 0 spiro atoms. The zero-order chi connectivity index (χ0) is 10.1. The quantitative estimate of drug-likeness (QED) is 0.685. The minimum absolute atomic E-state index is 0.790. The van der Waals surface area contributed by atoms with Crippen molar-refractivity contribution in [1.29, 1.82) is 0 Å². The third kappa shape index (κ3) is 2.23. The number of allylic oxidation sites excluding steroid dienone is 2. The summed E-state index contributed by atoms with van der Waals surface area (Å²) in [5.74, 6) is -0.134. The molecule has 1 aliphatic carbocycles. The molecule has 0 aromatic rings. The Balaban J connectivity index is 2.62. The molecule has 0 aromatic carbocycles. The molecule has 0 radical (unpaired) electrons. The van der Waals surface area contributed by atoms with Gasteiger partial charge in [-0.2, -0.15) is 0 Å². The van der Waals surface area contributed by atoms with Gasteiger partial charge in [0.1, 0.15) is 0 Å². The normalized spacial score (nSPS) is 16.4. The predicted octanol–water partition coefficient (Wildman–Crippen LogP) is 2.32.